The standard InChI is InChI=1S/C14H18FNO3/c15-11-2-1-3-12(13(11)17)16-10-4-6-14(7-5-10)18-8-9-19-14/h1-3,10,16-17H,4-9H2. The Bertz CT molecular complexity index is 450. The maximum absolute atomic E-state index is 13.2. The van der Waals surface area contributed by atoms with Crippen molar-refractivity contribution < 1.29 is 19.0 Å². The number of rotatable bonds is 2. The van der Waals surface area contributed by atoms with Gasteiger partial charge in [-0.15, -0.1) is 0 Å². The highest BCUT2D eigenvalue weighted by Crippen LogP contribution is 2.37. The lowest BCUT2D eigenvalue weighted by atomic mass is 9.90. The van der Waals surface area contributed by atoms with Crippen LogP contribution in [-0.2, 0) is 9.47 Å². The molecule has 104 valence electrons. The van der Waals surface area contributed by atoms with Crippen molar-refractivity contribution in [2.24, 2.45) is 0 Å². The summed E-state index contributed by atoms with van der Waals surface area (Å²) in [5.74, 6) is -1.29. The molecule has 0 bridgehead atoms. The number of halogens is 1. The fourth-order valence-corrected chi connectivity index (χ4v) is 2.84. The van der Waals surface area contributed by atoms with Gasteiger partial charge < -0.3 is 19.9 Å². The average molecular weight is 267 g/mol. The van der Waals surface area contributed by atoms with Gasteiger partial charge in [-0.05, 0) is 25.0 Å². The number of anilines is 1. The minimum absolute atomic E-state index is 0.214. The quantitative estimate of drug-likeness (QED) is 0.809. The first-order valence-electron chi connectivity index (χ1n) is 6.70. The summed E-state index contributed by atoms with van der Waals surface area (Å²) in [6.45, 7) is 1.34. The molecular weight excluding hydrogens is 249 g/mol. The molecule has 4 nitrogen and oxygen atoms in total. The Balaban J connectivity index is 1.61. The first kappa shape index (κ1) is 12.7. The summed E-state index contributed by atoms with van der Waals surface area (Å²) < 4.78 is 24.6. The topological polar surface area (TPSA) is 50.7 Å². The molecule has 2 aliphatic rings. The predicted molar refractivity (Wildman–Crippen MR) is 68.6 cm³/mol. The fourth-order valence-electron chi connectivity index (χ4n) is 2.84. The minimum atomic E-state index is -0.597. The number of para-hydroxylation sites is 1. The lowest BCUT2D eigenvalue weighted by molar-refractivity contribution is -0.177. The van der Waals surface area contributed by atoms with E-state index in [0.29, 0.717) is 18.9 Å². The SMILES string of the molecule is Oc1c(F)cccc1NC1CCC2(CC1)OCCO2. The number of hydrogen-bond acceptors (Lipinski definition) is 4. The van der Waals surface area contributed by atoms with Crippen molar-refractivity contribution in [2.45, 2.75) is 37.5 Å². The third-order valence-corrected chi connectivity index (χ3v) is 3.91. The van der Waals surface area contributed by atoms with Crippen LogP contribution in [0.3, 0.4) is 0 Å². The number of ether oxygens (including phenoxy) is 2. The van der Waals surface area contributed by atoms with Crippen LogP contribution in [0.2, 0.25) is 0 Å². The lowest BCUT2D eigenvalue weighted by Gasteiger charge is -2.36. The molecule has 0 amide bonds. The van der Waals surface area contributed by atoms with Gasteiger partial charge in [0, 0.05) is 18.9 Å². The molecule has 3 rings (SSSR count). The minimum Gasteiger partial charge on any atom is -0.503 e. The lowest BCUT2D eigenvalue weighted by Crippen LogP contribution is -2.39. The van der Waals surface area contributed by atoms with Gasteiger partial charge >= 0.3 is 0 Å². The van der Waals surface area contributed by atoms with E-state index in [1.807, 2.05) is 0 Å². The second kappa shape index (κ2) is 4.98. The Labute approximate surface area is 111 Å². The molecule has 0 radical (unpaired) electrons. The van der Waals surface area contributed by atoms with Crippen LogP contribution in [0.15, 0.2) is 18.2 Å². The zero-order chi connectivity index (χ0) is 13.3. The van der Waals surface area contributed by atoms with E-state index in [1.165, 1.54) is 6.07 Å². The van der Waals surface area contributed by atoms with Crippen LogP contribution in [0.1, 0.15) is 25.7 Å². The van der Waals surface area contributed by atoms with E-state index in [0.717, 1.165) is 25.7 Å². The Hall–Kier alpha value is -1.33. The molecule has 2 N–H and O–H groups in total. The van der Waals surface area contributed by atoms with Crippen LogP contribution in [0.4, 0.5) is 10.1 Å². The molecule has 1 saturated carbocycles. The van der Waals surface area contributed by atoms with Crippen molar-refractivity contribution in [3.63, 3.8) is 0 Å². The molecule has 0 unspecified atom stereocenters. The molecule has 0 aromatic heterocycles. The third kappa shape index (κ3) is 2.53. The first-order valence-corrected chi connectivity index (χ1v) is 6.70. The van der Waals surface area contributed by atoms with E-state index in [4.69, 9.17) is 9.47 Å². The van der Waals surface area contributed by atoms with Crippen LogP contribution in [0.25, 0.3) is 0 Å². The molecule has 19 heavy (non-hydrogen) atoms. The summed E-state index contributed by atoms with van der Waals surface area (Å²) in [4.78, 5) is 0. The van der Waals surface area contributed by atoms with Crippen LogP contribution in [0.5, 0.6) is 5.75 Å². The van der Waals surface area contributed by atoms with Crippen LogP contribution >= 0.6 is 0 Å². The second-order valence-electron chi connectivity index (χ2n) is 5.16. The van der Waals surface area contributed by atoms with Crippen molar-refractivity contribution in [1.82, 2.24) is 0 Å². The number of benzene rings is 1. The van der Waals surface area contributed by atoms with E-state index in [-0.39, 0.29) is 17.6 Å². The van der Waals surface area contributed by atoms with Crippen LogP contribution in [-0.4, -0.2) is 30.1 Å². The fraction of sp³-hybridized carbons (Fsp3) is 0.571. The maximum atomic E-state index is 13.2. The Morgan fingerprint density at radius 1 is 1.21 bits per heavy atom. The highest BCUT2D eigenvalue weighted by molar-refractivity contribution is 5.56. The average Bonchev–Trinajstić information content (AvgIpc) is 2.86. The molecular formula is C14H18FNO3. The highest BCUT2D eigenvalue weighted by atomic mass is 19.1. The molecule has 1 aliphatic carbocycles. The summed E-state index contributed by atoms with van der Waals surface area (Å²) in [6, 6.07) is 4.73. The van der Waals surface area contributed by atoms with Crippen molar-refractivity contribution in [3.05, 3.63) is 24.0 Å². The number of phenols is 1. The van der Waals surface area contributed by atoms with E-state index in [2.05, 4.69) is 5.32 Å². The van der Waals surface area contributed by atoms with Gasteiger partial charge in [-0.2, -0.15) is 0 Å². The van der Waals surface area contributed by atoms with Gasteiger partial charge in [-0.25, -0.2) is 4.39 Å². The first-order chi connectivity index (χ1) is 9.19. The molecule has 1 saturated heterocycles. The Morgan fingerprint density at radius 3 is 2.58 bits per heavy atom. The zero-order valence-electron chi connectivity index (χ0n) is 10.7. The summed E-state index contributed by atoms with van der Waals surface area (Å²) >= 11 is 0. The molecule has 1 aromatic rings. The van der Waals surface area contributed by atoms with Gasteiger partial charge in [0.15, 0.2) is 17.4 Å². The molecule has 1 spiro atoms. The summed E-state index contributed by atoms with van der Waals surface area (Å²) in [5, 5.41) is 12.8. The smallest absolute Gasteiger partial charge is 0.174 e. The van der Waals surface area contributed by atoms with E-state index in [1.54, 1.807) is 12.1 Å². The van der Waals surface area contributed by atoms with Gasteiger partial charge in [-0.1, -0.05) is 6.07 Å². The number of phenolic OH excluding ortho intramolecular Hbond substituents is 1. The monoisotopic (exact) mass is 267 g/mol. The molecule has 1 heterocycles. The maximum Gasteiger partial charge on any atom is 0.174 e. The largest absolute Gasteiger partial charge is 0.503 e. The molecule has 1 aliphatic heterocycles. The molecule has 1 aromatic carbocycles. The van der Waals surface area contributed by atoms with Gasteiger partial charge in [-0.3, -0.25) is 0 Å². The van der Waals surface area contributed by atoms with Gasteiger partial charge in [0.1, 0.15) is 0 Å². The second-order valence-corrected chi connectivity index (χ2v) is 5.16. The third-order valence-electron chi connectivity index (χ3n) is 3.91. The molecule has 5 heteroatoms. The zero-order valence-corrected chi connectivity index (χ0v) is 10.7. The number of nitrogens with one attached hydrogen (secondary N) is 1. The van der Waals surface area contributed by atoms with Crippen LogP contribution < -0.4 is 5.32 Å². The van der Waals surface area contributed by atoms with E-state index >= 15 is 0 Å². The van der Waals surface area contributed by atoms with Crippen molar-refractivity contribution in [2.75, 3.05) is 18.5 Å². The Morgan fingerprint density at radius 2 is 1.89 bits per heavy atom. The van der Waals surface area contributed by atoms with Crippen molar-refractivity contribution in [1.29, 1.82) is 0 Å². The number of aromatic hydroxyl groups is 1. The number of hydrogen-bond donors (Lipinski definition) is 2. The van der Waals surface area contributed by atoms with E-state index in [9.17, 15) is 9.50 Å². The normalized spacial score (nSPS) is 22.8. The Kier molecular flexibility index (Phi) is 3.33. The van der Waals surface area contributed by atoms with Gasteiger partial charge in [0.2, 0.25) is 0 Å². The van der Waals surface area contributed by atoms with Crippen LogP contribution in [0, 0.1) is 5.82 Å². The van der Waals surface area contributed by atoms with Gasteiger partial charge in [0.25, 0.3) is 0 Å². The molecule has 0 atom stereocenters. The molecule has 2 fully saturated rings. The van der Waals surface area contributed by atoms with Gasteiger partial charge in [0.05, 0.1) is 18.9 Å². The highest BCUT2D eigenvalue weighted by Gasteiger charge is 2.40. The summed E-state index contributed by atoms with van der Waals surface area (Å²) in [5.41, 5.74) is 0.453. The predicted octanol–water partition coefficient (Wildman–Crippen LogP) is 2.63. The van der Waals surface area contributed by atoms with Crippen molar-refractivity contribution in [3.8, 4) is 5.75 Å². The van der Waals surface area contributed by atoms with E-state index < -0.39 is 5.82 Å². The summed E-state index contributed by atoms with van der Waals surface area (Å²) in [7, 11) is 0. The summed E-state index contributed by atoms with van der Waals surface area (Å²) in [6.07, 6.45) is 3.44. The van der Waals surface area contributed by atoms with Crippen molar-refractivity contribution >= 4 is 5.69 Å².